The van der Waals surface area contributed by atoms with Crippen LogP contribution < -0.4 is 9.84 Å². The van der Waals surface area contributed by atoms with Gasteiger partial charge in [0.2, 0.25) is 17.7 Å². The first-order valence-electron chi connectivity index (χ1n) is 21.4. The number of esters is 1. The van der Waals surface area contributed by atoms with E-state index in [1.165, 1.54) is 22.1 Å². The van der Waals surface area contributed by atoms with Gasteiger partial charge in [0.05, 0.1) is 29.0 Å². The summed E-state index contributed by atoms with van der Waals surface area (Å²) < 4.78 is 44.8. The minimum absolute atomic E-state index is 0.0704. The number of thiophene rings is 1. The number of likely N-dealkylation sites (tertiary alicyclic amines) is 1. The quantitative estimate of drug-likeness (QED) is 0.110. The lowest BCUT2D eigenvalue weighted by atomic mass is 9.85. The van der Waals surface area contributed by atoms with E-state index >= 15 is 4.39 Å². The van der Waals surface area contributed by atoms with Crippen LogP contribution in [0, 0.1) is 17.2 Å². The molecule has 1 unspecified atom stereocenters. The smallest absolute Gasteiger partial charge is 0.358 e. The van der Waals surface area contributed by atoms with Crippen LogP contribution in [0.5, 0.6) is 5.75 Å². The maximum absolute atomic E-state index is 16.8. The zero-order chi connectivity index (χ0) is 42.5. The van der Waals surface area contributed by atoms with Crippen molar-refractivity contribution < 1.29 is 37.4 Å². The number of carbonyl (C=O) groups excluding carboxylic acids is 4. The topological polar surface area (TPSA) is 149 Å². The van der Waals surface area contributed by atoms with Gasteiger partial charge in [0, 0.05) is 29.7 Å². The standard InChI is InChI=1S/C46H49FN5O7PS/c1-2-24-58-45(56)38-20-23-51(38)60(57,59-33-13-7-4-8-14-33)41(47)30-16-19-39-31(25-30)26-40(61-39)42(53)49-36-15-9-12-32-17-18-37(52(32)43(36)54)44(55)50-28-34(29-10-5-3-6-11-29)35(27-48)46(50)21-22-46/h3-8,10-11,13-14,16,19,25-26,32,34-38,41H,2,9,12,15,17-18,20-24,28H2,1H3,(H,49,53)/t32-,34+,35+,36-,37-,38-,41-,60?/m0/s1. The lowest BCUT2D eigenvalue weighted by molar-refractivity contribution is -0.152. The summed E-state index contributed by atoms with van der Waals surface area (Å²) in [5.41, 5.74) is 0.599. The first kappa shape index (κ1) is 41.3. The fourth-order valence-electron chi connectivity index (χ4n) is 10.0. The van der Waals surface area contributed by atoms with Crippen LogP contribution in [0.3, 0.4) is 0 Å². The second-order valence-corrected chi connectivity index (χ2v) is 20.3. The number of halogens is 1. The van der Waals surface area contributed by atoms with Crippen LogP contribution in [-0.2, 0) is 23.7 Å². The van der Waals surface area contributed by atoms with Crippen molar-refractivity contribution in [2.75, 3.05) is 19.7 Å². The molecule has 8 atom stereocenters. The molecule has 5 fully saturated rings. The Kier molecular flexibility index (Phi) is 11.3. The molecule has 15 heteroatoms. The van der Waals surface area contributed by atoms with Gasteiger partial charge >= 0.3 is 13.5 Å². The maximum Gasteiger partial charge on any atom is 0.358 e. The highest BCUT2D eigenvalue weighted by atomic mass is 32.1. The highest BCUT2D eigenvalue weighted by Gasteiger charge is 2.64. The number of para-hydroxylation sites is 1. The molecule has 3 amide bonds. The number of nitrogens with zero attached hydrogens (tertiary/aromatic N) is 4. The molecule has 4 saturated heterocycles. The highest BCUT2D eigenvalue weighted by Crippen LogP contribution is 2.66. The Morgan fingerprint density at radius 3 is 2.43 bits per heavy atom. The number of carbonyl (C=O) groups is 4. The van der Waals surface area contributed by atoms with Gasteiger partial charge in [-0.1, -0.05) is 61.5 Å². The monoisotopic (exact) mass is 865 g/mol. The van der Waals surface area contributed by atoms with Crippen molar-refractivity contribution in [3.8, 4) is 11.8 Å². The molecular formula is C46H49FN5O7PS. The van der Waals surface area contributed by atoms with Crippen LogP contribution in [-0.4, -0.2) is 87.6 Å². The highest BCUT2D eigenvalue weighted by molar-refractivity contribution is 7.57. The summed E-state index contributed by atoms with van der Waals surface area (Å²) in [7, 11) is -4.37. The molecule has 318 valence electrons. The van der Waals surface area contributed by atoms with Gasteiger partial charge < -0.3 is 24.4 Å². The molecule has 4 aromatic rings. The van der Waals surface area contributed by atoms with Gasteiger partial charge in [-0.25, -0.2) is 9.06 Å². The minimum atomic E-state index is -4.37. The summed E-state index contributed by atoms with van der Waals surface area (Å²) in [6.45, 7) is 2.69. The first-order chi connectivity index (χ1) is 29.6. The van der Waals surface area contributed by atoms with Crippen molar-refractivity contribution in [1.82, 2.24) is 19.8 Å². The Hall–Kier alpha value is -5.09. The van der Waals surface area contributed by atoms with E-state index in [0.717, 1.165) is 24.8 Å². The van der Waals surface area contributed by atoms with E-state index in [2.05, 4.69) is 11.4 Å². The molecule has 3 aromatic carbocycles. The Bertz CT molecular complexity index is 2420. The van der Waals surface area contributed by atoms with Crippen molar-refractivity contribution in [1.29, 1.82) is 5.26 Å². The van der Waals surface area contributed by atoms with Crippen molar-refractivity contribution in [2.24, 2.45) is 5.92 Å². The average molecular weight is 866 g/mol. The van der Waals surface area contributed by atoms with E-state index in [9.17, 15) is 29.0 Å². The van der Waals surface area contributed by atoms with Crippen LogP contribution >= 0.6 is 18.9 Å². The van der Waals surface area contributed by atoms with Gasteiger partial charge in [0.15, 0.2) is 0 Å². The molecule has 5 heterocycles. The van der Waals surface area contributed by atoms with Gasteiger partial charge in [0.1, 0.15) is 23.9 Å². The lowest BCUT2D eigenvalue weighted by Crippen LogP contribution is -2.56. The molecule has 1 spiro atoms. The first-order valence-corrected chi connectivity index (χ1v) is 23.9. The molecule has 1 N–H and O–H groups in total. The Labute approximate surface area is 358 Å². The molecular weight excluding hydrogens is 817 g/mol. The van der Waals surface area contributed by atoms with Crippen LogP contribution in [0.25, 0.3) is 10.1 Å². The normalized spacial score (nSPS) is 27.0. The Balaban J connectivity index is 0.917. The molecule has 4 aliphatic heterocycles. The summed E-state index contributed by atoms with van der Waals surface area (Å²) in [5, 5.41) is 13.8. The molecule has 1 saturated carbocycles. The number of nitriles is 1. The zero-order valence-electron chi connectivity index (χ0n) is 34.0. The minimum Gasteiger partial charge on any atom is -0.465 e. The zero-order valence-corrected chi connectivity index (χ0v) is 35.7. The summed E-state index contributed by atoms with van der Waals surface area (Å²) in [4.78, 5) is 59.7. The third kappa shape index (κ3) is 7.42. The average Bonchev–Trinajstić information content (AvgIpc) is 3.63. The molecule has 5 aliphatic rings. The van der Waals surface area contributed by atoms with E-state index in [-0.39, 0.29) is 54.2 Å². The van der Waals surface area contributed by atoms with Crippen molar-refractivity contribution in [3.63, 3.8) is 0 Å². The fourth-order valence-corrected chi connectivity index (χ4v) is 13.4. The van der Waals surface area contributed by atoms with E-state index in [4.69, 9.17) is 9.26 Å². The van der Waals surface area contributed by atoms with Gasteiger partial charge in [-0.2, -0.15) is 5.26 Å². The molecule has 0 bridgehead atoms. The molecule has 1 aromatic heterocycles. The van der Waals surface area contributed by atoms with Crippen LogP contribution in [0.1, 0.15) is 97.3 Å². The van der Waals surface area contributed by atoms with Crippen LogP contribution in [0.2, 0.25) is 0 Å². The predicted molar refractivity (Wildman–Crippen MR) is 227 cm³/mol. The van der Waals surface area contributed by atoms with Crippen LogP contribution in [0.15, 0.2) is 84.9 Å². The van der Waals surface area contributed by atoms with Crippen molar-refractivity contribution in [3.05, 3.63) is 101 Å². The fraction of sp³-hybridized carbons (Fsp3) is 0.457. The Morgan fingerprint density at radius 1 is 0.984 bits per heavy atom. The van der Waals surface area contributed by atoms with E-state index < -0.39 is 49.0 Å². The summed E-state index contributed by atoms with van der Waals surface area (Å²) >= 11 is 1.20. The lowest BCUT2D eigenvalue weighted by Gasteiger charge is -2.43. The second-order valence-electron chi connectivity index (χ2n) is 17.0. The number of ether oxygens (including phenoxy) is 1. The summed E-state index contributed by atoms with van der Waals surface area (Å²) in [5.74, 6) is -3.75. The largest absolute Gasteiger partial charge is 0.465 e. The number of nitrogens with one attached hydrogen (secondary N) is 1. The van der Waals surface area contributed by atoms with E-state index in [1.54, 1.807) is 53.4 Å². The second kappa shape index (κ2) is 16.6. The number of hydrogen-bond acceptors (Lipinski definition) is 9. The molecule has 0 radical (unpaired) electrons. The number of fused-ring (bicyclic) bond motifs is 2. The van der Waals surface area contributed by atoms with Gasteiger partial charge in [0.25, 0.3) is 5.91 Å². The van der Waals surface area contributed by atoms with Crippen molar-refractivity contribution in [2.45, 2.75) is 106 Å². The maximum atomic E-state index is 16.8. The number of hydrogen-bond donors (Lipinski definition) is 1. The predicted octanol–water partition coefficient (Wildman–Crippen LogP) is 8.11. The van der Waals surface area contributed by atoms with Gasteiger partial charge in [-0.05, 0) is 105 Å². The molecule has 61 heavy (non-hydrogen) atoms. The van der Waals surface area contributed by atoms with Gasteiger partial charge in [-0.3, -0.25) is 23.7 Å². The molecule has 9 rings (SSSR count). The van der Waals surface area contributed by atoms with Crippen LogP contribution in [0.4, 0.5) is 4.39 Å². The van der Waals surface area contributed by atoms with Gasteiger partial charge in [-0.15, -0.1) is 11.3 Å². The van der Waals surface area contributed by atoms with Crippen molar-refractivity contribution >= 4 is 52.6 Å². The van der Waals surface area contributed by atoms with E-state index in [1.807, 2.05) is 42.2 Å². The summed E-state index contributed by atoms with van der Waals surface area (Å²) in [6.07, 6.45) is 5.59. The molecule has 1 aliphatic carbocycles. The SMILES string of the molecule is CCCOC(=O)[C@@H]1CCN1P(=O)(Oc1ccccc1)[C@H](F)c1ccc2sc(C(=O)N[C@H]3CCC[C@H]4CC[C@@H](C(=O)N5C[C@H](c6ccccc6)[C@@H](C#N)C56CC6)N4C3=O)cc2c1. The number of benzene rings is 3. The molecule has 12 nitrogen and oxygen atoms in total. The Morgan fingerprint density at radius 2 is 1.74 bits per heavy atom. The third-order valence-electron chi connectivity index (χ3n) is 13.3. The summed E-state index contributed by atoms with van der Waals surface area (Å²) in [6, 6.07) is 24.6. The van der Waals surface area contributed by atoms with E-state index in [0.29, 0.717) is 60.0 Å². The third-order valence-corrected chi connectivity index (χ3v) is 17.0. The number of amides is 3. The number of alkyl halides is 1. The number of rotatable bonds is 12.